The van der Waals surface area contributed by atoms with Crippen molar-refractivity contribution in [1.29, 1.82) is 0 Å². The van der Waals surface area contributed by atoms with Crippen LogP contribution in [-0.2, 0) is 16.0 Å². The molecule has 1 N–H and O–H groups in total. The van der Waals surface area contributed by atoms with E-state index in [2.05, 4.69) is 0 Å². The predicted molar refractivity (Wildman–Crippen MR) is 125 cm³/mol. The molecule has 0 spiro atoms. The number of amides is 1. The first-order valence-electron chi connectivity index (χ1n) is 10.6. The van der Waals surface area contributed by atoms with Gasteiger partial charge >= 0.3 is 0 Å². The van der Waals surface area contributed by atoms with Crippen molar-refractivity contribution in [3.63, 3.8) is 0 Å². The van der Waals surface area contributed by atoms with E-state index in [0.717, 1.165) is 5.56 Å². The van der Waals surface area contributed by atoms with E-state index < -0.39 is 28.4 Å². The second kappa shape index (κ2) is 9.58. The van der Waals surface area contributed by atoms with E-state index >= 15 is 0 Å². The van der Waals surface area contributed by atoms with Crippen molar-refractivity contribution in [3.05, 3.63) is 111 Å². The molecule has 8 nitrogen and oxygen atoms in total. The van der Waals surface area contributed by atoms with Gasteiger partial charge < -0.3 is 14.7 Å². The maximum atomic E-state index is 13.1. The smallest absolute Gasteiger partial charge is 0.295 e. The largest absolute Gasteiger partial charge is 0.507 e. The molecule has 3 aromatic carbocycles. The molecule has 0 radical (unpaired) electrons. The Bertz CT molecular complexity index is 1270. The zero-order chi connectivity index (χ0) is 24.2. The lowest BCUT2D eigenvalue weighted by atomic mass is 9.94. The molecule has 34 heavy (non-hydrogen) atoms. The summed E-state index contributed by atoms with van der Waals surface area (Å²) in [6, 6.07) is 20.6. The SMILES string of the molecule is COc1ccc(C(O)=C2C(=O)C(=O)N(CCc3ccccc3)[C@H]2c2ccccc2[N+](=O)[O-])cc1. The van der Waals surface area contributed by atoms with Crippen molar-refractivity contribution < 1.29 is 24.4 Å². The number of methoxy groups -OCH3 is 1. The summed E-state index contributed by atoms with van der Waals surface area (Å²) in [5.74, 6) is -1.54. The molecular formula is C26H22N2O6. The number of hydrogen-bond acceptors (Lipinski definition) is 6. The third-order valence-electron chi connectivity index (χ3n) is 5.82. The summed E-state index contributed by atoms with van der Waals surface area (Å²) in [4.78, 5) is 38.7. The van der Waals surface area contributed by atoms with E-state index in [1.54, 1.807) is 30.3 Å². The second-order valence-corrected chi connectivity index (χ2v) is 7.77. The normalized spacial score (nSPS) is 17.1. The molecule has 4 rings (SSSR count). The molecule has 1 fully saturated rings. The fourth-order valence-electron chi connectivity index (χ4n) is 4.12. The van der Waals surface area contributed by atoms with Crippen LogP contribution in [0.1, 0.15) is 22.7 Å². The molecule has 1 atom stereocenters. The van der Waals surface area contributed by atoms with Gasteiger partial charge in [-0.1, -0.05) is 42.5 Å². The third-order valence-corrected chi connectivity index (χ3v) is 5.82. The summed E-state index contributed by atoms with van der Waals surface area (Å²) in [7, 11) is 1.50. The fraction of sp³-hybridized carbons (Fsp3) is 0.154. The Morgan fingerprint density at radius 3 is 2.29 bits per heavy atom. The monoisotopic (exact) mass is 458 g/mol. The molecule has 0 saturated carbocycles. The molecule has 1 amide bonds. The van der Waals surface area contributed by atoms with Gasteiger partial charge in [0.1, 0.15) is 11.5 Å². The van der Waals surface area contributed by atoms with Gasteiger partial charge in [0.15, 0.2) is 0 Å². The molecule has 0 unspecified atom stereocenters. The zero-order valence-corrected chi connectivity index (χ0v) is 18.4. The second-order valence-electron chi connectivity index (χ2n) is 7.77. The third kappa shape index (κ3) is 4.25. The molecule has 172 valence electrons. The van der Waals surface area contributed by atoms with Crippen molar-refractivity contribution >= 4 is 23.1 Å². The van der Waals surface area contributed by atoms with Crippen molar-refractivity contribution in [2.45, 2.75) is 12.5 Å². The summed E-state index contributed by atoms with van der Waals surface area (Å²) in [5, 5.41) is 22.9. The van der Waals surface area contributed by atoms with Crippen LogP contribution in [0.25, 0.3) is 5.76 Å². The highest BCUT2D eigenvalue weighted by Crippen LogP contribution is 2.42. The standard InChI is InChI=1S/C26H22N2O6/c1-34-19-13-11-18(12-14-19)24(29)22-23(20-9-5-6-10-21(20)28(32)33)27(26(31)25(22)30)16-15-17-7-3-2-4-8-17/h2-14,23,29H,15-16H2,1H3/t23-/m0/s1. The average Bonchev–Trinajstić information content (AvgIpc) is 3.12. The van der Waals surface area contributed by atoms with Crippen LogP contribution in [0.4, 0.5) is 5.69 Å². The molecule has 3 aromatic rings. The molecule has 0 aromatic heterocycles. The molecule has 1 aliphatic rings. The number of nitro groups is 1. The number of hydrogen-bond donors (Lipinski definition) is 1. The Labute approximate surface area is 195 Å². The average molecular weight is 458 g/mol. The number of aliphatic hydroxyl groups excluding tert-OH is 1. The number of ketones is 1. The van der Waals surface area contributed by atoms with Gasteiger partial charge in [0, 0.05) is 18.2 Å². The van der Waals surface area contributed by atoms with Gasteiger partial charge in [-0.25, -0.2) is 0 Å². The number of ether oxygens (including phenoxy) is 1. The highest BCUT2D eigenvalue weighted by molar-refractivity contribution is 6.46. The van der Waals surface area contributed by atoms with E-state index in [-0.39, 0.29) is 23.4 Å². The van der Waals surface area contributed by atoms with Crippen LogP contribution in [-0.4, -0.2) is 40.3 Å². The number of carbonyl (C=O) groups excluding carboxylic acids is 2. The molecular weight excluding hydrogens is 436 g/mol. The predicted octanol–water partition coefficient (Wildman–Crippen LogP) is 4.27. The minimum atomic E-state index is -1.10. The summed E-state index contributed by atoms with van der Waals surface area (Å²) in [5.41, 5.74) is 0.985. The number of carbonyl (C=O) groups is 2. The van der Waals surface area contributed by atoms with Crippen LogP contribution < -0.4 is 4.74 Å². The number of para-hydroxylation sites is 1. The van der Waals surface area contributed by atoms with E-state index in [1.165, 1.54) is 30.2 Å². The fourth-order valence-corrected chi connectivity index (χ4v) is 4.12. The first kappa shape index (κ1) is 22.7. The van der Waals surface area contributed by atoms with Crippen LogP contribution in [0.3, 0.4) is 0 Å². The number of rotatable bonds is 7. The molecule has 1 saturated heterocycles. The van der Waals surface area contributed by atoms with E-state index in [0.29, 0.717) is 17.7 Å². The Morgan fingerprint density at radius 2 is 1.65 bits per heavy atom. The number of benzene rings is 3. The maximum Gasteiger partial charge on any atom is 0.295 e. The molecule has 1 aliphatic heterocycles. The first-order valence-corrected chi connectivity index (χ1v) is 10.6. The summed E-state index contributed by atoms with van der Waals surface area (Å²) < 4.78 is 5.13. The summed E-state index contributed by atoms with van der Waals surface area (Å²) in [6.45, 7) is 0.144. The highest BCUT2D eigenvalue weighted by atomic mass is 16.6. The lowest BCUT2D eigenvalue weighted by Gasteiger charge is -2.25. The van der Waals surface area contributed by atoms with Gasteiger partial charge in [-0.05, 0) is 42.3 Å². The van der Waals surface area contributed by atoms with E-state index in [9.17, 15) is 24.8 Å². The van der Waals surface area contributed by atoms with Crippen LogP contribution in [0, 0.1) is 10.1 Å². The Kier molecular flexibility index (Phi) is 6.40. The number of aliphatic hydroxyl groups is 1. The quantitative estimate of drug-likeness (QED) is 0.186. The number of Topliss-reactive ketones (excluding diaryl/α,β-unsaturated/α-hetero) is 1. The van der Waals surface area contributed by atoms with Crippen LogP contribution >= 0.6 is 0 Å². The minimum Gasteiger partial charge on any atom is -0.507 e. The van der Waals surface area contributed by atoms with Crippen molar-refractivity contribution in [2.24, 2.45) is 0 Å². The topological polar surface area (TPSA) is 110 Å². The lowest BCUT2D eigenvalue weighted by Crippen LogP contribution is -2.32. The van der Waals surface area contributed by atoms with E-state index in [1.807, 2.05) is 30.3 Å². The van der Waals surface area contributed by atoms with E-state index in [4.69, 9.17) is 4.74 Å². The lowest BCUT2D eigenvalue weighted by molar-refractivity contribution is -0.385. The number of nitrogens with zero attached hydrogens (tertiary/aromatic N) is 2. The van der Waals surface area contributed by atoms with Gasteiger partial charge in [-0.3, -0.25) is 19.7 Å². The maximum absolute atomic E-state index is 13.1. The Morgan fingerprint density at radius 1 is 1.00 bits per heavy atom. The number of nitro benzene ring substituents is 1. The van der Waals surface area contributed by atoms with Crippen LogP contribution in [0.5, 0.6) is 5.75 Å². The van der Waals surface area contributed by atoms with Crippen LogP contribution in [0.2, 0.25) is 0 Å². The number of likely N-dealkylation sites (tertiary alicyclic amines) is 1. The molecule has 0 aliphatic carbocycles. The highest BCUT2D eigenvalue weighted by Gasteiger charge is 2.47. The zero-order valence-electron chi connectivity index (χ0n) is 18.4. The summed E-state index contributed by atoms with van der Waals surface area (Å²) >= 11 is 0. The Hall–Kier alpha value is -4.46. The van der Waals surface area contributed by atoms with Crippen molar-refractivity contribution in [1.82, 2.24) is 4.90 Å². The van der Waals surface area contributed by atoms with Crippen molar-refractivity contribution in [2.75, 3.05) is 13.7 Å². The van der Waals surface area contributed by atoms with Gasteiger partial charge in [-0.15, -0.1) is 0 Å². The van der Waals surface area contributed by atoms with Gasteiger partial charge in [-0.2, -0.15) is 0 Å². The van der Waals surface area contributed by atoms with Gasteiger partial charge in [0.25, 0.3) is 17.4 Å². The molecule has 0 bridgehead atoms. The van der Waals surface area contributed by atoms with Gasteiger partial charge in [0.2, 0.25) is 0 Å². The van der Waals surface area contributed by atoms with Crippen molar-refractivity contribution in [3.8, 4) is 5.75 Å². The minimum absolute atomic E-state index is 0.144. The first-order chi connectivity index (χ1) is 16.4. The van der Waals surface area contributed by atoms with Gasteiger partial charge in [0.05, 0.1) is 29.2 Å². The molecule has 8 heteroatoms. The molecule has 1 heterocycles. The summed E-state index contributed by atoms with van der Waals surface area (Å²) in [6.07, 6.45) is 0.438. The Balaban J connectivity index is 1.84. The van der Waals surface area contributed by atoms with Crippen LogP contribution in [0.15, 0.2) is 84.4 Å².